The van der Waals surface area contributed by atoms with Gasteiger partial charge in [0.15, 0.2) is 6.10 Å². The molecule has 2 aliphatic heterocycles. The molecule has 1 unspecified atom stereocenters. The van der Waals surface area contributed by atoms with Crippen molar-refractivity contribution in [3.8, 4) is 11.8 Å². The highest BCUT2D eigenvalue weighted by Gasteiger charge is 2.26. The zero-order valence-corrected chi connectivity index (χ0v) is 16.5. The van der Waals surface area contributed by atoms with Crippen LogP contribution in [-0.4, -0.2) is 78.4 Å². The minimum Gasteiger partial charge on any atom is -0.481 e. The van der Waals surface area contributed by atoms with Gasteiger partial charge in [0.1, 0.15) is 5.75 Å². The summed E-state index contributed by atoms with van der Waals surface area (Å²) in [6, 6.07) is 8.82. The van der Waals surface area contributed by atoms with Gasteiger partial charge in [-0.3, -0.25) is 14.5 Å². The smallest absolute Gasteiger partial charge is 0.263 e. The van der Waals surface area contributed by atoms with E-state index in [-0.39, 0.29) is 11.8 Å². The van der Waals surface area contributed by atoms with Crippen molar-refractivity contribution in [1.29, 1.82) is 5.26 Å². The standard InChI is InChI=1S/C21H28N4O3/c1-17(28-19-7-5-18(15-22)6-8-19)21(27)25-12-4-9-23(13-14-25)16-20(26)24-10-2-3-11-24/h5-8,17H,2-4,9-14,16H2,1H3. The van der Waals surface area contributed by atoms with Gasteiger partial charge in [-0.15, -0.1) is 0 Å². The molecule has 0 aromatic heterocycles. The molecule has 0 spiro atoms. The summed E-state index contributed by atoms with van der Waals surface area (Å²) < 4.78 is 5.75. The second kappa shape index (κ2) is 9.56. The van der Waals surface area contributed by atoms with Gasteiger partial charge in [0.25, 0.3) is 5.91 Å². The number of hydrogen-bond acceptors (Lipinski definition) is 5. The SMILES string of the molecule is CC(Oc1ccc(C#N)cc1)C(=O)N1CCCN(CC(=O)N2CCCC2)CC1. The van der Waals surface area contributed by atoms with Gasteiger partial charge in [-0.05, 0) is 50.5 Å². The predicted octanol–water partition coefficient (Wildman–Crippen LogP) is 1.48. The van der Waals surface area contributed by atoms with Crippen LogP contribution >= 0.6 is 0 Å². The largest absolute Gasteiger partial charge is 0.481 e. The number of likely N-dealkylation sites (tertiary alicyclic amines) is 1. The average Bonchev–Trinajstić information content (AvgIpc) is 3.15. The molecule has 0 bridgehead atoms. The monoisotopic (exact) mass is 384 g/mol. The highest BCUT2D eigenvalue weighted by molar-refractivity contribution is 5.81. The Morgan fingerprint density at radius 2 is 1.68 bits per heavy atom. The van der Waals surface area contributed by atoms with Crippen molar-refractivity contribution in [3.05, 3.63) is 29.8 Å². The summed E-state index contributed by atoms with van der Waals surface area (Å²) in [6.07, 6.45) is 2.46. The van der Waals surface area contributed by atoms with Crippen LogP contribution in [0.3, 0.4) is 0 Å². The molecule has 1 aromatic rings. The van der Waals surface area contributed by atoms with Crippen molar-refractivity contribution in [2.75, 3.05) is 45.8 Å². The van der Waals surface area contributed by atoms with Crippen LogP contribution < -0.4 is 4.74 Å². The van der Waals surface area contributed by atoms with Gasteiger partial charge in [0, 0.05) is 39.3 Å². The van der Waals surface area contributed by atoms with E-state index < -0.39 is 6.10 Å². The van der Waals surface area contributed by atoms with Crippen LogP contribution in [0.2, 0.25) is 0 Å². The molecule has 150 valence electrons. The van der Waals surface area contributed by atoms with E-state index in [4.69, 9.17) is 10.00 Å². The molecular formula is C21H28N4O3. The van der Waals surface area contributed by atoms with Crippen LogP contribution in [0, 0.1) is 11.3 Å². The summed E-state index contributed by atoms with van der Waals surface area (Å²) in [5.41, 5.74) is 0.558. The van der Waals surface area contributed by atoms with Crippen LogP contribution in [0.5, 0.6) is 5.75 Å². The molecular weight excluding hydrogens is 356 g/mol. The lowest BCUT2D eigenvalue weighted by molar-refractivity contribution is -0.137. The molecule has 0 saturated carbocycles. The summed E-state index contributed by atoms with van der Waals surface area (Å²) in [7, 11) is 0. The summed E-state index contributed by atoms with van der Waals surface area (Å²) in [6.45, 7) is 6.76. The maximum atomic E-state index is 12.8. The number of benzene rings is 1. The fourth-order valence-corrected chi connectivity index (χ4v) is 3.73. The lowest BCUT2D eigenvalue weighted by Gasteiger charge is -2.25. The molecule has 2 heterocycles. The number of carbonyl (C=O) groups is 2. The van der Waals surface area contributed by atoms with Gasteiger partial charge in [0.05, 0.1) is 18.2 Å². The van der Waals surface area contributed by atoms with E-state index in [9.17, 15) is 9.59 Å². The van der Waals surface area contributed by atoms with E-state index in [0.717, 1.165) is 38.9 Å². The maximum absolute atomic E-state index is 12.8. The topological polar surface area (TPSA) is 76.9 Å². The molecule has 2 aliphatic rings. The lowest BCUT2D eigenvalue weighted by atomic mass is 10.2. The van der Waals surface area contributed by atoms with E-state index in [1.165, 1.54) is 0 Å². The molecule has 0 aliphatic carbocycles. The van der Waals surface area contributed by atoms with Gasteiger partial charge >= 0.3 is 0 Å². The predicted molar refractivity (Wildman–Crippen MR) is 105 cm³/mol. The van der Waals surface area contributed by atoms with Crippen molar-refractivity contribution in [2.24, 2.45) is 0 Å². The van der Waals surface area contributed by atoms with Crippen LogP contribution in [0.25, 0.3) is 0 Å². The van der Waals surface area contributed by atoms with E-state index in [1.807, 2.05) is 9.80 Å². The summed E-state index contributed by atoms with van der Waals surface area (Å²) in [5.74, 6) is 0.736. The van der Waals surface area contributed by atoms with Crippen molar-refractivity contribution in [2.45, 2.75) is 32.3 Å². The number of nitriles is 1. The third-order valence-electron chi connectivity index (χ3n) is 5.36. The molecule has 28 heavy (non-hydrogen) atoms. The van der Waals surface area contributed by atoms with Crippen molar-refractivity contribution in [1.82, 2.24) is 14.7 Å². The Bertz CT molecular complexity index is 722. The Balaban J connectivity index is 1.48. The minimum absolute atomic E-state index is 0.0444. The first-order valence-electron chi connectivity index (χ1n) is 10.0. The van der Waals surface area contributed by atoms with E-state index in [0.29, 0.717) is 37.5 Å². The maximum Gasteiger partial charge on any atom is 0.263 e. The second-order valence-corrected chi connectivity index (χ2v) is 7.44. The van der Waals surface area contributed by atoms with Crippen LogP contribution in [0.1, 0.15) is 31.7 Å². The fraction of sp³-hybridized carbons (Fsp3) is 0.571. The van der Waals surface area contributed by atoms with Crippen LogP contribution in [-0.2, 0) is 9.59 Å². The fourth-order valence-electron chi connectivity index (χ4n) is 3.73. The number of amides is 2. The van der Waals surface area contributed by atoms with Gasteiger partial charge in [0.2, 0.25) is 5.91 Å². The molecule has 0 radical (unpaired) electrons. The Morgan fingerprint density at radius 1 is 1.00 bits per heavy atom. The Hall–Kier alpha value is -2.59. The first kappa shape index (κ1) is 20.2. The van der Waals surface area contributed by atoms with Gasteiger partial charge < -0.3 is 14.5 Å². The molecule has 2 fully saturated rings. The number of ether oxygens (including phenoxy) is 1. The number of hydrogen-bond donors (Lipinski definition) is 0. The molecule has 0 N–H and O–H groups in total. The van der Waals surface area contributed by atoms with E-state index in [2.05, 4.69) is 11.0 Å². The number of nitrogens with zero attached hydrogens (tertiary/aromatic N) is 4. The number of carbonyl (C=O) groups excluding carboxylic acids is 2. The zero-order valence-electron chi connectivity index (χ0n) is 16.5. The Morgan fingerprint density at radius 3 is 2.36 bits per heavy atom. The highest BCUT2D eigenvalue weighted by Crippen LogP contribution is 2.15. The van der Waals surface area contributed by atoms with E-state index in [1.54, 1.807) is 31.2 Å². The van der Waals surface area contributed by atoms with Crippen LogP contribution in [0.15, 0.2) is 24.3 Å². The summed E-state index contributed by atoms with van der Waals surface area (Å²) in [5, 5.41) is 8.85. The first-order valence-corrected chi connectivity index (χ1v) is 10.0. The second-order valence-electron chi connectivity index (χ2n) is 7.44. The van der Waals surface area contributed by atoms with E-state index >= 15 is 0 Å². The number of rotatable bonds is 5. The summed E-state index contributed by atoms with van der Waals surface area (Å²) in [4.78, 5) is 31.1. The Labute approximate surface area is 166 Å². The third-order valence-corrected chi connectivity index (χ3v) is 5.36. The molecule has 7 nitrogen and oxygen atoms in total. The van der Waals surface area contributed by atoms with Gasteiger partial charge in [-0.25, -0.2) is 0 Å². The Kier molecular flexibility index (Phi) is 6.88. The molecule has 2 amide bonds. The highest BCUT2D eigenvalue weighted by atomic mass is 16.5. The molecule has 2 saturated heterocycles. The first-order chi connectivity index (χ1) is 13.6. The normalized spacial score (nSPS) is 19.0. The zero-order chi connectivity index (χ0) is 19.9. The molecule has 1 aromatic carbocycles. The van der Waals surface area contributed by atoms with Gasteiger partial charge in [-0.2, -0.15) is 5.26 Å². The quantitative estimate of drug-likeness (QED) is 0.769. The van der Waals surface area contributed by atoms with Gasteiger partial charge in [-0.1, -0.05) is 0 Å². The summed E-state index contributed by atoms with van der Waals surface area (Å²) >= 11 is 0. The molecule has 3 rings (SSSR count). The van der Waals surface area contributed by atoms with Crippen molar-refractivity contribution in [3.63, 3.8) is 0 Å². The molecule has 1 atom stereocenters. The minimum atomic E-state index is -0.592. The third kappa shape index (κ3) is 5.23. The van der Waals surface area contributed by atoms with Crippen molar-refractivity contribution >= 4 is 11.8 Å². The lowest BCUT2D eigenvalue weighted by Crippen LogP contribution is -2.43. The van der Waals surface area contributed by atoms with Crippen LogP contribution in [0.4, 0.5) is 0 Å². The average molecular weight is 384 g/mol. The van der Waals surface area contributed by atoms with Crippen molar-refractivity contribution < 1.29 is 14.3 Å². The molecule has 7 heteroatoms.